The summed E-state index contributed by atoms with van der Waals surface area (Å²) < 4.78 is 0. The molecule has 3 heteroatoms. The molecule has 0 heterocycles. The Morgan fingerprint density at radius 1 is 1.36 bits per heavy atom. The number of amides is 1. The van der Waals surface area contributed by atoms with Crippen molar-refractivity contribution in [1.29, 1.82) is 0 Å². The summed E-state index contributed by atoms with van der Waals surface area (Å²) in [4.78, 5) is 10.9. The topological polar surface area (TPSA) is 55.1 Å². The number of rotatable bonds is 1. The number of anilines is 1. The van der Waals surface area contributed by atoms with Crippen molar-refractivity contribution in [2.45, 2.75) is 0 Å². The summed E-state index contributed by atoms with van der Waals surface area (Å²) in [6.45, 7) is 0. The van der Waals surface area contributed by atoms with E-state index in [2.05, 4.69) is 12.4 Å². The van der Waals surface area contributed by atoms with E-state index in [1.807, 2.05) is 0 Å². The second-order valence-corrected chi connectivity index (χ2v) is 2.13. The Morgan fingerprint density at radius 3 is 2.36 bits per heavy atom. The molecule has 0 unspecified atom stereocenters. The Bertz CT molecular complexity index is 253. The number of nitrogen functional groups attached to an aromatic ring is 1. The zero-order valence-corrected chi connectivity index (χ0v) is 6.00. The van der Waals surface area contributed by atoms with Crippen LogP contribution in [0.4, 0.5) is 5.69 Å². The summed E-state index contributed by atoms with van der Waals surface area (Å²) in [7, 11) is 3.25. The van der Waals surface area contributed by atoms with Crippen LogP contribution in [-0.4, -0.2) is 5.91 Å². The predicted molar refractivity (Wildman–Crippen MR) is 43.7 cm³/mol. The molecule has 0 bridgehead atoms. The van der Waals surface area contributed by atoms with Crippen LogP contribution in [-0.2, 0) is 0 Å². The smallest absolute Gasteiger partial charge is 0.251 e. The molecule has 0 atom stereocenters. The maximum Gasteiger partial charge on any atom is 0.251 e. The Morgan fingerprint density at radius 2 is 1.91 bits per heavy atom. The Kier molecular flexibility index (Phi) is 2.11. The second kappa shape index (κ2) is 3.05. The third-order valence-corrected chi connectivity index (χ3v) is 1.33. The van der Waals surface area contributed by atoms with Crippen molar-refractivity contribution >= 4 is 11.6 Å². The number of nitrogens with two attached hydrogens (primary N) is 1. The molecule has 1 rings (SSSR count). The summed E-state index contributed by atoms with van der Waals surface area (Å²) in [5.74, 6) is -0.204. The largest absolute Gasteiger partial charge is 0.399 e. The predicted octanol–water partition coefficient (Wildman–Crippen LogP) is 0.790. The van der Waals surface area contributed by atoms with Crippen molar-refractivity contribution in [1.82, 2.24) is 5.32 Å². The number of nitrogens with one attached hydrogen (secondary N) is 1. The molecule has 0 aromatic heterocycles. The van der Waals surface area contributed by atoms with Gasteiger partial charge in [-0.3, -0.25) is 4.79 Å². The summed E-state index contributed by atoms with van der Waals surface area (Å²) in [5, 5.41) is 2.27. The average Bonchev–Trinajstić information content (AvgIpc) is 2.05. The molecule has 57 valence electrons. The highest BCUT2D eigenvalue weighted by atomic mass is 16.1. The van der Waals surface area contributed by atoms with Crippen molar-refractivity contribution in [2.75, 3.05) is 5.73 Å². The molecular weight excluding hydrogens is 140 g/mol. The molecule has 0 spiro atoms. The molecule has 0 aliphatic carbocycles. The highest BCUT2D eigenvalue weighted by molar-refractivity contribution is 5.94. The van der Waals surface area contributed by atoms with Crippen molar-refractivity contribution < 1.29 is 4.79 Å². The van der Waals surface area contributed by atoms with Crippen LogP contribution in [0.15, 0.2) is 24.3 Å². The maximum atomic E-state index is 10.9. The first-order valence-corrected chi connectivity index (χ1v) is 3.17. The van der Waals surface area contributed by atoms with Gasteiger partial charge in [0.2, 0.25) is 0 Å². The van der Waals surface area contributed by atoms with Crippen molar-refractivity contribution in [3.05, 3.63) is 36.9 Å². The van der Waals surface area contributed by atoms with Gasteiger partial charge in [-0.05, 0) is 24.3 Å². The quantitative estimate of drug-likeness (QED) is 0.580. The molecule has 0 fully saturated rings. The highest BCUT2D eigenvalue weighted by Gasteiger charge is 1.99. The monoisotopic (exact) mass is 149 g/mol. The fourth-order valence-corrected chi connectivity index (χ4v) is 0.737. The van der Waals surface area contributed by atoms with E-state index in [1.165, 1.54) is 0 Å². The second-order valence-electron chi connectivity index (χ2n) is 2.13. The van der Waals surface area contributed by atoms with Gasteiger partial charge in [0.25, 0.3) is 5.91 Å². The minimum atomic E-state index is -0.204. The van der Waals surface area contributed by atoms with E-state index >= 15 is 0 Å². The standard InChI is InChI=1S/C8H9N2O/c1-10-8(11)6-2-4-7(9)5-3-6/h2-5H,1,9H2,(H,10,11). The first kappa shape index (κ1) is 7.60. The van der Waals surface area contributed by atoms with Crippen LogP contribution >= 0.6 is 0 Å². The SMILES string of the molecule is [CH2]NC(=O)c1ccc(N)cc1. The van der Waals surface area contributed by atoms with Crippen LogP contribution in [0.3, 0.4) is 0 Å². The average molecular weight is 149 g/mol. The van der Waals surface area contributed by atoms with E-state index in [0.29, 0.717) is 11.3 Å². The molecule has 1 amide bonds. The lowest BCUT2D eigenvalue weighted by molar-refractivity contribution is 0.0969. The van der Waals surface area contributed by atoms with Gasteiger partial charge < -0.3 is 11.1 Å². The first-order valence-electron chi connectivity index (χ1n) is 3.17. The van der Waals surface area contributed by atoms with Crippen LogP contribution in [0.5, 0.6) is 0 Å². The number of carbonyl (C=O) groups excluding carboxylic acids is 1. The molecule has 3 nitrogen and oxygen atoms in total. The fraction of sp³-hybridized carbons (Fsp3) is 0. The Balaban J connectivity index is 2.90. The van der Waals surface area contributed by atoms with E-state index in [4.69, 9.17) is 5.73 Å². The Hall–Kier alpha value is -1.51. The van der Waals surface area contributed by atoms with Crippen LogP contribution in [0, 0.1) is 7.05 Å². The Labute approximate surface area is 65.2 Å². The third-order valence-electron chi connectivity index (χ3n) is 1.33. The van der Waals surface area contributed by atoms with Crippen LogP contribution in [0.25, 0.3) is 0 Å². The van der Waals surface area contributed by atoms with E-state index in [1.54, 1.807) is 24.3 Å². The van der Waals surface area contributed by atoms with Gasteiger partial charge in [0.15, 0.2) is 0 Å². The molecule has 1 aromatic carbocycles. The number of carbonyl (C=O) groups is 1. The van der Waals surface area contributed by atoms with Gasteiger partial charge in [0.05, 0.1) is 0 Å². The van der Waals surface area contributed by atoms with Gasteiger partial charge in [-0.15, -0.1) is 0 Å². The van der Waals surface area contributed by atoms with Gasteiger partial charge in [-0.25, -0.2) is 0 Å². The molecule has 0 saturated carbocycles. The fourth-order valence-electron chi connectivity index (χ4n) is 0.737. The van der Waals surface area contributed by atoms with Crippen molar-refractivity contribution in [3.63, 3.8) is 0 Å². The van der Waals surface area contributed by atoms with Gasteiger partial charge in [0, 0.05) is 18.3 Å². The van der Waals surface area contributed by atoms with E-state index in [0.717, 1.165) is 0 Å². The summed E-state index contributed by atoms with van der Waals surface area (Å²) in [6.07, 6.45) is 0. The van der Waals surface area contributed by atoms with Crippen LogP contribution in [0.1, 0.15) is 10.4 Å². The normalized spacial score (nSPS) is 9.18. The van der Waals surface area contributed by atoms with E-state index < -0.39 is 0 Å². The van der Waals surface area contributed by atoms with Crippen LogP contribution < -0.4 is 11.1 Å². The summed E-state index contributed by atoms with van der Waals surface area (Å²) in [6, 6.07) is 6.64. The lowest BCUT2D eigenvalue weighted by Gasteiger charge is -1.98. The molecule has 1 radical (unpaired) electrons. The maximum absolute atomic E-state index is 10.9. The number of hydrogen-bond acceptors (Lipinski definition) is 2. The molecular formula is C8H9N2O. The zero-order chi connectivity index (χ0) is 8.27. The van der Waals surface area contributed by atoms with Crippen LogP contribution in [0.2, 0.25) is 0 Å². The van der Waals surface area contributed by atoms with Gasteiger partial charge >= 0.3 is 0 Å². The lowest BCUT2D eigenvalue weighted by Crippen LogP contribution is -2.15. The minimum absolute atomic E-state index is 0.204. The molecule has 0 saturated heterocycles. The minimum Gasteiger partial charge on any atom is -0.399 e. The summed E-state index contributed by atoms with van der Waals surface area (Å²) >= 11 is 0. The molecule has 11 heavy (non-hydrogen) atoms. The van der Waals surface area contributed by atoms with Gasteiger partial charge in [0.1, 0.15) is 0 Å². The number of benzene rings is 1. The third kappa shape index (κ3) is 1.70. The van der Waals surface area contributed by atoms with E-state index in [9.17, 15) is 4.79 Å². The number of hydrogen-bond donors (Lipinski definition) is 2. The first-order chi connectivity index (χ1) is 5.24. The van der Waals surface area contributed by atoms with Crippen molar-refractivity contribution in [2.24, 2.45) is 0 Å². The van der Waals surface area contributed by atoms with Gasteiger partial charge in [-0.1, -0.05) is 0 Å². The highest BCUT2D eigenvalue weighted by Crippen LogP contribution is 2.04. The molecule has 1 aromatic rings. The molecule has 0 aliphatic rings. The van der Waals surface area contributed by atoms with Gasteiger partial charge in [-0.2, -0.15) is 0 Å². The molecule has 0 aliphatic heterocycles. The zero-order valence-electron chi connectivity index (χ0n) is 6.00. The summed E-state index contributed by atoms with van der Waals surface area (Å²) in [5.41, 5.74) is 6.63. The molecule has 3 N–H and O–H groups in total. The lowest BCUT2D eigenvalue weighted by atomic mass is 10.2. The van der Waals surface area contributed by atoms with E-state index in [-0.39, 0.29) is 5.91 Å². The van der Waals surface area contributed by atoms with Crippen molar-refractivity contribution in [3.8, 4) is 0 Å².